The minimum Gasteiger partial charge on any atom is -0.298 e. The summed E-state index contributed by atoms with van der Waals surface area (Å²) < 4.78 is 3.78. The minimum absolute atomic E-state index is 0.0181. The first-order chi connectivity index (χ1) is 15.7. The number of aromatic amines is 1. The molecular weight excluding hydrogens is 494 g/mol. The van der Waals surface area contributed by atoms with E-state index >= 15 is 0 Å². The van der Waals surface area contributed by atoms with E-state index in [9.17, 15) is 19.7 Å². The molecule has 0 spiro atoms. The third-order valence-corrected chi connectivity index (χ3v) is 5.55. The second kappa shape index (κ2) is 8.82. The number of anilines is 1. The Morgan fingerprint density at radius 1 is 1.24 bits per heavy atom. The lowest BCUT2D eigenvalue weighted by Crippen LogP contribution is -2.29. The van der Waals surface area contributed by atoms with Gasteiger partial charge in [-0.05, 0) is 42.3 Å². The fraction of sp³-hybridized carbons (Fsp3) is 0.143. The molecule has 2 aromatic carbocycles. The molecule has 0 atom stereocenters. The number of nitrogens with zero attached hydrogens (tertiary/aromatic N) is 5. The normalized spacial score (nSPS) is 11.7. The van der Waals surface area contributed by atoms with E-state index in [0.717, 1.165) is 10.0 Å². The summed E-state index contributed by atoms with van der Waals surface area (Å²) in [4.78, 5) is 41.8. The Labute approximate surface area is 194 Å². The Kier molecular flexibility index (Phi) is 5.92. The summed E-state index contributed by atoms with van der Waals surface area (Å²) in [5, 5.41) is 15.2. The van der Waals surface area contributed by atoms with Crippen molar-refractivity contribution in [3.8, 4) is 0 Å². The molecule has 2 N–H and O–H groups in total. The monoisotopic (exact) mass is 511 g/mol. The molecule has 0 bridgehead atoms. The average Bonchev–Trinajstić information content (AvgIpc) is 3.14. The molecule has 0 amide bonds. The van der Waals surface area contributed by atoms with Crippen molar-refractivity contribution in [2.24, 2.45) is 12.1 Å². The molecule has 0 aliphatic heterocycles. The summed E-state index contributed by atoms with van der Waals surface area (Å²) in [6.45, 7) is 2.03. The maximum absolute atomic E-state index is 12.6. The summed E-state index contributed by atoms with van der Waals surface area (Å²) in [6, 6.07) is 13.6. The number of hydrogen-bond acceptors (Lipinski definition) is 7. The summed E-state index contributed by atoms with van der Waals surface area (Å²) in [7, 11) is 1.52. The number of nitro benzene ring substituents is 1. The van der Waals surface area contributed by atoms with Gasteiger partial charge in [-0.3, -0.25) is 29.0 Å². The van der Waals surface area contributed by atoms with Gasteiger partial charge in [-0.15, -0.1) is 0 Å². The number of fused-ring (bicyclic) bond motifs is 1. The van der Waals surface area contributed by atoms with Gasteiger partial charge in [0.25, 0.3) is 11.2 Å². The Balaban J connectivity index is 1.77. The summed E-state index contributed by atoms with van der Waals surface area (Å²) in [5.41, 5.74) is 4.29. The first-order valence-corrected chi connectivity index (χ1v) is 10.5. The molecule has 4 aromatic rings. The van der Waals surface area contributed by atoms with E-state index in [-0.39, 0.29) is 22.8 Å². The Hall–Kier alpha value is -4.06. The number of non-ortho nitro benzene ring substituents is 1. The van der Waals surface area contributed by atoms with Gasteiger partial charge in [-0.25, -0.2) is 10.2 Å². The molecular formula is C21H18BrN7O4. The smallest absolute Gasteiger partial charge is 0.298 e. The lowest BCUT2D eigenvalue weighted by molar-refractivity contribution is -0.384. The maximum Gasteiger partial charge on any atom is 0.329 e. The second-order valence-corrected chi connectivity index (χ2v) is 8.17. The molecule has 0 radical (unpaired) electrons. The van der Waals surface area contributed by atoms with E-state index in [1.54, 1.807) is 23.6 Å². The zero-order valence-corrected chi connectivity index (χ0v) is 19.2. The van der Waals surface area contributed by atoms with Gasteiger partial charge in [0.15, 0.2) is 11.2 Å². The number of nitro groups is 1. The average molecular weight is 512 g/mol. The highest BCUT2D eigenvalue weighted by Crippen LogP contribution is 2.20. The van der Waals surface area contributed by atoms with E-state index in [1.807, 2.05) is 24.3 Å². The van der Waals surface area contributed by atoms with E-state index in [1.165, 1.54) is 23.7 Å². The topological polar surface area (TPSA) is 140 Å². The number of hydrogen-bond donors (Lipinski definition) is 2. The number of nitrogens with one attached hydrogen (secondary N) is 2. The molecule has 11 nitrogen and oxygen atoms in total. The summed E-state index contributed by atoms with van der Waals surface area (Å²) in [5.74, 6) is 0.262. The van der Waals surface area contributed by atoms with Crippen LogP contribution in [0.1, 0.15) is 18.1 Å². The van der Waals surface area contributed by atoms with Crippen LogP contribution in [0.2, 0.25) is 0 Å². The Morgan fingerprint density at radius 3 is 2.64 bits per heavy atom. The van der Waals surface area contributed by atoms with Crippen LogP contribution in [0.5, 0.6) is 0 Å². The molecule has 12 heteroatoms. The minimum atomic E-state index is -0.572. The predicted octanol–water partition coefficient (Wildman–Crippen LogP) is 2.98. The zero-order chi connectivity index (χ0) is 23.7. The second-order valence-electron chi connectivity index (χ2n) is 7.25. The Morgan fingerprint density at radius 2 is 1.97 bits per heavy atom. The molecule has 2 aromatic heterocycles. The number of benzene rings is 2. The molecule has 2 heterocycles. The highest BCUT2D eigenvalue weighted by atomic mass is 79.9. The van der Waals surface area contributed by atoms with Gasteiger partial charge < -0.3 is 0 Å². The van der Waals surface area contributed by atoms with Gasteiger partial charge in [0.1, 0.15) is 0 Å². The van der Waals surface area contributed by atoms with Crippen molar-refractivity contribution in [2.75, 3.05) is 5.43 Å². The van der Waals surface area contributed by atoms with E-state index in [0.29, 0.717) is 17.8 Å². The van der Waals surface area contributed by atoms with Crippen molar-refractivity contribution < 1.29 is 4.92 Å². The largest absolute Gasteiger partial charge is 0.329 e. The molecule has 0 saturated heterocycles. The molecule has 0 unspecified atom stereocenters. The van der Waals surface area contributed by atoms with Crippen molar-refractivity contribution in [3.63, 3.8) is 0 Å². The summed E-state index contributed by atoms with van der Waals surface area (Å²) in [6.07, 6.45) is 0. The van der Waals surface area contributed by atoms with Crippen molar-refractivity contribution in [2.45, 2.75) is 13.5 Å². The van der Waals surface area contributed by atoms with Crippen molar-refractivity contribution in [1.82, 2.24) is 19.1 Å². The lowest BCUT2D eigenvalue weighted by atomic mass is 10.1. The van der Waals surface area contributed by atoms with Crippen LogP contribution in [-0.2, 0) is 13.6 Å². The van der Waals surface area contributed by atoms with Gasteiger partial charge in [0.05, 0.1) is 17.2 Å². The SMILES string of the molecule is CC(=NNc1nc2c(c(=O)[nH]c(=O)n2C)n1Cc1cccc(Br)c1)c1ccc([N+](=O)[O-])cc1. The summed E-state index contributed by atoms with van der Waals surface area (Å²) >= 11 is 3.44. The van der Waals surface area contributed by atoms with E-state index in [2.05, 4.69) is 36.4 Å². The first-order valence-electron chi connectivity index (χ1n) is 9.73. The molecule has 168 valence electrons. The number of hydrazone groups is 1. The molecule has 0 aliphatic carbocycles. The van der Waals surface area contributed by atoms with Crippen LogP contribution >= 0.6 is 15.9 Å². The van der Waals surface area contributed by atoms with Crippen LogP contribution in [0.15, 0.2) is 67.7 Å². The van der Waals surface area contributed by atoms with Crippen molar-refractivity contribution in [3.05, 3.63) is 95.1 Å². The zero-order valence-electron chi connectivity index (χ0n) is 17.6. The van der Waals surface area contributed by atoms with Gasteiger partial charge in [-0.1, -0.05) is 28.1 Å². The van der Waals surface area contributed by atoms with Crippen LogP contribution in [0.25, 0.3) is 11.2 Å². The number of aryl methyl sites for hydroxylation is 1. The predicted molar refractivity (Wildman–Crippen MR) is 128 cm³/mol. The van der Waals surface area contributed by atoms with Crippen molar-refractivity contribution >= 4 is 44.4 Å². The van der Waals surface area contributed by atoms with Crippen LogP contribution < -0.4 is 16.7 Å². The third-order valence-electron chi connectivity index (χ3n) is 5.06. The fourth-order valence-electron chi connectivity index (χ4n) is 3.31. The number of imidazole rings is 1. The number of halogens is 1. The molecule has 33 heavy (non-hydrogen) atoms. The lowest BCUT2D eigenvalue weighted by Gasteiger charge is -2.09. The van der Waals surface area contributed by atoms with Gasteiger partial charge >= 0.3 is 5.69 Å². The highest BCUT2D eigenvalue weighted by Gasteiger charge is 2.18. The van der Waals surface area contributed by atoms with Crippen LogP contribution in [-0.4, -0.2) is 29.7 Å². The van der Waals surface area contributed by atoms with Crippen LogP contribution in [0.4, 0.5) is 11.6 Å². The molecule has 0 fully saturated rings. The van der Waals surface area contributed by atoms with Gasteiger partial charge in [0.2, 0.25) is 5.95 Å². The molecule has 0 aliphatic rings. The molecule has 0 saturated carbocycles. The quantitative estimate of drug-likeness (QED) is 0.231. The maximum atomic E-state index is 12.6. The Bertz CT molecular complexity index is 1520. The fourth-order valence-corrected chi connectivity index (χ4v) is 3.76. The van der Waals surface area contributed by atoms with Gasteiger partial charge in [-0.2, -0.15) is 10.1 Å². The van der Waals surface area contributed by atoms with Gasteiger partial charge in [0, 0.05) is 23.7 Å². The van der Waals surface area contributed by atoms with Crippen molar-refractivity contribution in [1.29, 1.82) is 0 Å². The third kappa shape index (κ3) is 4.46. The number of aromatic nitrogens is 4. The van der Waals surface area contributed by atoms with E-state index in [4.69, 9.17) is 0 Å². The standard InChI is InChI=1S/C21H18BrN7O4/c1-12(14-6-8-16(9-7-14)29(32)33)25-26-20-23-18-17(19(30)24-21(31)27(18)2)28(20)11-13-4-3-5-15(22)10-13/h3-10H,11H2,1-2H3,(H,23,26)(H,24,30,31). The highest BCUT2D eigenvalue weighted by molar-refractivity contribution is 9.10. The van der Waals surface area contributed by atoms with E-state index < -0.39 is 16.2 Å². The van der Waals surface area contributed by atoms with Crippen LogP contribution in [0.3, 0.4) is 0 Å². The number of rotatable bonds is 6. The number of H-pyrrole nitrogens is 1. The molecule has 4 rings (SSSR count). The first kappa shape index (κ1) is 22.1. The van der Waals surface area contributed by atoms with Crippen LogP contribution in [0, 0.1) is 10.1 Å².